The van der Waals surface area contributed by atoms with Crippen molar-refractivity contribution in [3.8, 4) is 0 Å². The van der Waals surface area contributed by atoms with Gasteiger partial charge in [0.05, 0.1) is 5.92 Å². The number of hydrogen-bond donors (Lipinski definition) is 2. The molecule has 2 N–H and O–H groups in total. The van der Waals surface area contributed by atoms with E-state index in [9.17, 15) is 14.4 Å². The molecule has 1 fully saturated rings. The maximum atomic E-state index is 12.1. The van der Waals surface area contributed by atoms with Crippen LogP contribution in [0.25, 0.3) is 0 Å². The molecule has 29 heavy (non-hydrogen) atoms. The molecule has 7 nitrogen and oxygen atoms in total. The summed E-state index contributed by atoms with van der Waals surface area (Å²) < 4.78 is 10.2. The van der Waals surface area contributed by atoms with E-state index in [0.29, 0.717) is 11.8 Å². The Hall–Kier alpha value is -1.79. The van der Waals surface area contributed by atoms with E-state index in [4.69, 9.17) is 14.6 Å². The summed E-state index contributed by atoms with van der Waals surface area (Å²) in [6.07, 6.45) is 8.04. The second-order valence-corrected chi connectivity index (χ2v) is 8.76. The second-order valence-electron chi connectivity index (χ2n) is 8.76. The number of aliphatic carboxylic acids is 1. The van der Waals surface area contributed by atoms with Crippen molar-refractivity contribution in [1.82, 2.24) is 5.32 Å². The fourth-order valence-corrected chi connectivity index (χ4v) is 3.79. The van der Waals surface area contributed by atoms with E-state index in [-0.39, 0.29) is 24.3 Å². The van der Waals surface area contributed by atoms with Crippen molar-refractivity contribution >= 4 is 18.0 Å². The van der Waals surface area contributed by atoms with Crippen LogP contribution in [0.15, 0.2) is 0 Å². The predicted molar refractivity (Wildman–Crippen MR) is 110 cm³/mol. The molecule has 1 rings (SSSR count). The van der Waals surface area contributed by atoms with E-state index in [0.717, 1.165) is 51.4 Å². The van der Waals surface area contributed by atoms with Crippen molar-refractivity contribution in [3.63, 3.8) is 0 Å². The van der Waals surface area contributed by atoms with Crippen LogP contribution in [0.2, 0.25) is 0 Å². The maximum Gasteiger partial charge on any atom is 0.410 e. The first-order chi connectivity index (χ1) is 13.7. The molecule has 0 aromatic heterocycles. The SMILES string of the molecule is CC(C)C(=O)O[C@@H](C)OC(=O)NC1CCCC(CC[C@H](C)CCCCC(=O)O)C1. The van der Waals surface area contributed by atoms with E-state index in [1.807, 2.05) is 0 Å². The average molecular weight is 414 g/mol. The highest BCUT2D eigenvalue weighted by Crippen LogP contribution is 2.30. The number of nitrogens with one attached hydrogen (secondary N) is 1. The van der Waals surface area contributed by atoms with E-state index in [1.54, 1.807) is 20.8 Å². The minimum Gasteiger partial charge on any atom is -0.481 e. The Morgan fingerprint density at radius 3 is 2.41 bits per heavy atom. The van der Waals surface area contributed by atoms with Crippen molar-refractivity contribution in [2.45, 2.75) is 104 Å². The van der Waals surface area contributed by atoms with Crippen molar-refractivity contribution in [2.75, 3.05) is 0 Å². The normalized spacial score (nSPS) is 21.3. The van der Waals surface area contributed by atoms with Gasteiger partial charge in [-0.25, -0.2) is 4.79 Å². The lowest BCUT2D eigenvalue weighted by Crippen LogP contribution is -2.40. The van der Waals surface area contributed by atoms with Crippen molar-refractivity contribution in [2.24, 2.45) is 17.8 Å². The Morgan fingerprint density at radius 1 is 1.03 bits per heavy atom. The molecular weight excluding hydrogens is 374 g/mol. The molecule has 0 bridgehead atoms. The van der Waals surface area contributed by atoms with E-state index in [1.165, 1.54) is 6.42 Å². The molecule has 1 amide bonds. The third kappa shape index (κ3) is 11.7. The van der Waals surface area contributed by atoms with Crippen LogP contribution in [0.3, 0.4) is 0 Å². The molecular formula is C22H39NO6. The second kappa shape index (κ2) is 13.4. The smallest absolute Gasteiger partial charge is 0.410 e. The van der Waals surface area contributed by atoms with E-state index in [2.05, 4.69) is 12.2 Å². The summed E-state index contributed by atoms with van der Waals surface area (Å²) in [5.74, 6) is -0.183. The Kier molecular flexibility index (Phi) is 11.7. The molecule has 0 aliphatic heterocycles. The van der Waals surface area contributed by atoms with Crippen LogP contribution in [0.5, 0.6) is 0 Å². The van der Waals surface area contributed by atoms with Gasteiger partial charge >= 0.3 is 18.0 Å². The van der Waals surface area contributed by atoms with Gasteiger partial charge in [-0.3, -0.25) is 9.59 Å². The Morgan fingerprint density at radius 2 is 1.76 bits per heavy atom. The largest absolute Gasteiger partial charge is 0.481 e. The summed E-state index contributed by atoms with van der Waals surface area (Å²) in [6.45, 7) is 7.24. The van der Waals surface area contributed by atoms with Crippen LogP contribution < -0.4 is 5.32 Å². The molecule has 168 valence electrons. The molecule has 1 aliphatic rings. The number of rotatable bonds is 12. The van der Waals surface area contributed by atoms with Gasteiger partial charge < -0.3 is 19.9 Å². The number of esters is 1. The first-order valence-electron chi connectivity index (χ1n) is 11.1. The zero-order valence-electron chi connectivity index (χ0n) is 18.4. The van der Waals surface area contributed by atoms with Gasteiger partial charge in [-0.1, -0.05) is 59.3 Å². The number of carbonyl (C=O) groups is 3. The number of carboxylic acids is 1. The van der Waals surface area contributed by atoms with Gasteiger partial charge in [-0.15, -0.1) is 0 Å². The summed E-state index contributed by atoms with van der Waals surface area (Å²) >= 11 is 0. The lowest BCUT2D eigenvalue weighted by molar-refractivity contribution is -0.168. The van der Waals surface area contributed by atoms with Gasteiger partial charge in [0, 0.05) is 19.4 Å². The van der Waals surface area contributed by atoms with Gasteiger partial charge in [0.25, 0.3) is 0 Å². The molecule has 2 unspecified atom stereocenters. The number of ether oxygens (including phenoxy) is 2. The molecule has 0 spiro atoms. The predicted octanol–water partition coefficient (Wildman–Crippen LogP) is 4.88. The minimum absolute atomic E-state index is 0.0973. The summed E-state index contributed by atoms with van der Waals surface area (Å²) in [4.78, 5) is 34.2. The van der Waals surface area contributed by atoms with Crippen molar-refractivity contribution in [1.29, 1.82) is 0 Å². The first-order valence-corrected chi connectivity index (χ1v) is 11.1. The number of hydrogen-bond acceptors (Lipinski definition) is 5. The van der Waals surface area contributed by atoms with Gasteiger partial charge in [-0.2, -0.15) is 0 Å². The van der Waals surface area contributed by atoms with Crippen LogP contribution in [-0.4, -0.2) is 35.5 Å². The zero-order chi connectivity index (χ0) is 21.8. The summed E-state index contributed by atoms with van der Waals surface area (Å²) in [5, 5.41) is 11.6. The Labute approximate surface area is 174 Å². The molecule has 1 saturated carbocycles. The number of carbonyl (C=O) groups excluding carboxylic acids is 2. The van der Waals surface area contributed by atoms with Gasteiger partial charge in [0.1, 0.15) is 0 Å². The van der Waals surface area contributed by atoms with Gasteiger partial charge in [0.2, 0.25) is 6.29 Å². The zero-order valence-corrected chi connectivity index (χ0v) is 18.4. The third-order valence-corrected chi connectivity index (χ3v) is 5.54. The number of alkyl carbamates (subject to hydrolysis) is 1. The maximum absolute atomic E-state index is 12.1. The molecule has 7 heteroatoms. The van der Waals surface area contributed by atoms with E-state index < -0.39 is 18.4 Å². The third-order valence-electron chi connectivity index (χ3n) is 5.54. The summed E-state index contributed by atoms with van der Waals surface area (Å²) in [6, 6.07) is 0.0973. The highest BCUT2D eigenvalue weighted by atomic mass is 16.7. The molecule has 0 aromatic rings. The topological polar surface area (TPSA) is 102 Å². The molecule has 4 atom stereocenters. The molecule has 0 aromatic carbocycles. The molecule has 1 aliphatic carbocycles. The summed E-state index contributed by atoms with van der Waals surface area (Å²) in [7, 11) is 0. The molecule has 0 saturated heterocycles. The highest BCUT2D eigenvalue weighted by Gasteiger charge is 2.25. The number of amides is 1. The minimum atomic E-state index is -0.897. The Balaban J connectivity index is 2.25. The fraction of sp³-hybridized carbons (Fsp3) is 0.864. The lowest BCUT2D eigenvalue weighted by atomic mass is 9.81. The summed E-state index contributed by atoms with van der Waals surface area (Å²) in [5.41, 5.74) is 0. The number of carboxylic acid groups (broad SMARTS) is 1. The average Bonchev–Trinajstić information content (AvgIpc) is 2.63. The van der Waals surface area contributed by atoms with Crippen LogP contribution in [-0.2, 0) is 19.1 Å². The quantitative estimate of drug-likeness (QED) is 0.269. The van der Waals surface area contributed by atoms with Crippen LogP contribution >= 0.6 is 0 Å². The fourth-order valence-electron chi connectivity index (χ4n) is 3.79. The van der Waals surface area contributed by atoms with Crippen LogP contribution in [0.4, 0.5) is 4.79 Å². The van der Waals surface area contributed by atoms with E-state index >= 15 is 0 Å². The molecule has 0 heterocycles. The molecule has 0 radical (unpaired) electrons. The van der Waals surface area contributed by atoms with Crippen molar-refractivity contribution < 1.29 is 29.0 Å². The standard InChI is InChI=1S/C22H39NO6/c1-15(2)21(26)28-17(4)29-22(27)23-19-10-7-9-18(14-19)13-12-16(3)8-5-6-11-20(24)25/h15-19H,5-14H2,1-4H3,(H,23,27)(H,24,25)/t16-,17-,18?,19?/m1/s1. The van der Waals surface area contributed by atoms with Crippen molar-refractivity contribution in [3.05, 3.63) is 0 Å². The van der Waals surface area contributed by atoms with Crippen LogP contribution in [0, 0.1) is 17.8 Å². The number of unbranched alkanes of at least 4 members (excludes halogenated alkanes) is 1. The Bertz CT molecular complexity index is 521. The highest BCUT2D eigenvalue weighted by molar-refractivity contribution is 5.72. The monoisotopic (exact) mass is 413 g/mol. The van der Waals surface area contributed by atoms with Gasteiger partial charge in [-0.05, 0) is 31.1 Å². The lowest BCUT2D eigenvalue weighted by Gasteiger charge is -2.30. The van der Waals surface area contributed by atoms with Gasteiger partial charge in [0.15, 0.2) is 0 Å². The first kappa shape index (κ1) is 25.2. The van der Waals surface area contributed by atoms with Crippen LogP contribution in [0.1, 0.15) is 91.9 Å².